The highest BCUT2D eigenvalue weighted by molar-refractivity contribution is 5.96. The monoisotopic (exact) mass is 415 g/mol. The Morgan fingerprint density at radius 2 is 1.90 bits per heavy atom. The zero-order valence-corrected chi connectivity index (χ0v) is 16.8. The van der Waals surface area contributed by atoms with Crippen LogP contribution in [-0.2, 0) is 17.5 Å². The van der Waals surface area contributed by atoms with Crippen LogP contribution in [0.25, 0.3) is 11.0 Å². The molecule has 0 aliphatic carbocycles. The molecule has 4 nitrogen and oxygen atoms in total. The number of unbranched alkanes of at least 4 members (excludes halogenated alkanes) is 2. The summed E-state index contributed by atoms with van der Waals surface area (Å²) in [6.45, 7) is 3.30. The van der Waals surface area contributed by atoms with Crippen molar-refractivity contribution in [2.24, 2.45) is 0 Å². The molecular weight excluding hydrogens is 391 g/mol. The molecule has 0 radical (unpaired) electrons. The van der Waals surface area contributed by atoms with Crippen LogP contribution in [0.1, 0.15) is 49.9 Å². The number of imidazole rings is 1. The number of alkyl halides is 3. The zero-order chi connectivity index (χ0) is 21.3. The predicted molar refractivity (Wildman–Crippen MR) is 110 cm³/mol. The van der Waals surface area contributed by atoms with Crippen LogP contribution in [0.5, 0.6) is 0 Å². The van der Waals surface area contributed by atoms with Crippen molar-refractivity contribution in [3.05, 3.63) is 59.9 Å². The van der Waals surface area contributed by atoms with Gasteiger partial charge in [0, 0.05) is 31.1 Å². The molecule has 1 amide bonds. The second kappa shape index (κ2) is 8.13. The molecule has 3 aromatic rings. The van der Waals surface area contributed by atoms with Crippen molar-refractivity contribution >= 4 is 22.6 Å². The number of nitrogens with zero attached hydrogens (tertiary/aromatic N) is 3. The second-order valence-corrected chi connectivity index (χ2v) is 7.77. The number of fused-ring (bicyclic) bond motifs is 1. The van der Waals surface area contributed by atoms with Crippen LogP contribution in [-0.4, -0.2) is 22.0 Å². The Kier molecular flexibility index (Phi) is 5.54. The number of halogens is 3. The van der Waals surface area contributed by atoms with Gasteiger partial charge in [-0.05, 0) is 36.8 Å². The second-order valence-electron chi connectivity index (χ2n) is 7.77. The van der Waals surface area contributed by atoms with Crippen molar-refractivity contribution < 1.29 is 18.0 Å². The number of benzene rings is 2. The Hall–Kier alpha value is -2.83. The molecule has 1 saturated heterocycles. The number of aryl methyl sites for hydroxylation is 1. The topological polar surface area (TPSA) is 38.1 Å². The van der Waals surface area contributed by atoms with Crippen molar-refractivity contribution in [2.45, 2.75) is 51.2 Å². The van der Waals surface area contributed by atoms with Gasteiger partial charge >= 0.3 is 6.18 Å². The minimum absolute atomic E-state index is 0.152. The molecule has 30 heavy (non-hydrogen) atoms. The van der Waals surface area contributed by atoms with E-state index >= 15 is 0 Å². The molecule has 1 atom stereocenters. The van der Waals surface area contributed by atoms with E-state index in [0.29, 0.717) is 6.54 Å². The predicted octanol–water partition coefficient (Wildman–Crippen LogP) is 5.77. The molecule has 0 bridgehead atoms. The molecule has 0 N–H and O–H groups in total. The van der Waals surface area contributed by atoms with Gasteiger partial charge in [0.1, 0.15) is 5.82 Å². The van der Waals surface area contributed by atoms with E-state index in [1.165, 1.54) is 11.0 Å². The van der Waals surface area contributed by atoms with Gasteiger partial charge in [-0.2, -0.15) is 13.2 Å². The van der Waals surface area contributed by atoms with E-state index in [0.717, 1.165) is 54.8 Å². The Balaban J connectivity index is 1.64. The van der Waals surface area contributed by atoms with Gasteiger partial charge in [-0.1, -0.05) is 38.0 Å². The zero-order valence-electron chi connectivity index (χ0n) is 16.8. The van der Waals surface area contributed by atoms with Crippen LogP contribution in [0, 0.1) is 0 Å². The third-order valence-corrected chi connectivity index (χ3v) is 5.64. The van der Waals surface area contributed by atoms with Gasteiger partial charge in [-0.3, -0.25) is 4.79 Å². The molecule has 2 heterocycles. The molecule has 4 rings (SSSR count). The summed E-state index contributed by atoms with van der Waals surface area (Å²) in [4.78, 5) is 19.0. The Morgan fingerprint density at radius 1 is 1.10 bits per heavy atom. The first-order valence-corrected chi connectivity index (χ1v) is 10.3. The molecule has 0 saturated carbocycles. The lowest BCUT2D eigenvalue weighted by Gasteiger charge is -2.19. The normalized spacial score (nSPS) is 17.3. The van der Waals surface area contributed by atoms with E-state index in [1.807, 2.05) is 24.3 Å². The lowest BCUT2D eigenvalue weighted by atomic mass is 10.1. The first-order chi connectivity index (χ1) is 14.4. The summed E-state index contributed by atoms with van der Waals surface area (Å²) in [6, 6.07) is 12.9. The molecule has 7 heteroatoms. The van der Waals surface area contributed by atoms with Crippen molar-refractivity contribution in [2.75, 3.05) is 11.4 Å². The summed E-state index contributed by atoms with van der Waals surface area (Å²) in [5, 5.41) is 0. The molecule has 1 aromatic heterocycles. The standard InChI is InChI=1S/C23H24F3N3O/c1-2-3-6-12-28-20-11-5-4-10-19(20)27-22(28)16-13-21(30)29(15-16)18-9-7-8-17(14-18)23(24,25)26/h4-5,7-11,14,16H,2-3,6,12-13,15H2,1H3. The molecule has 158 valence electrons. The van der Waals surface area contributed by atoms with Crippen LogP contribution in [0.4, 0.5) is 18.9 Å². The average molecular weight is 415 g/mol. The number of carbonyl (C=O) groups excluding carboxylic acids is 1. The van der Waals surface area contributed by atoms with Crippen molar-refractivity contribution in [1.82, 2.24) is 9.55 Å². The van der Waals surface area contributed by atoms with Gasteiger partial charge in [-0.15, -0.1) is 0 Å². The fourth-order valence-electron chi connectivity index (χ4n) is 4.14. The quantitative estimate of drug-likeness (QED) is 0.480. The van der Waals surface area contributed by atoms with Gasteiger partial charge in [0.15, 0.2) is 0 Å². The molecule has 1 aliphatic heterocycles. The van der Waals surface area contributed by atoms with E-state index in [1.54, 1.807) is 6.07 Å². The van der Waals surface area contributed by atoms with Gasteiger partial charge < -0.3 is 9.47 Å². The minimum atomic E-state index is -4.44. The largest absolute Gasteiger partial charge is 0.416 e. The highest BCUT2D eigenvalue weighted by atomic mass is 19.4. The van der Waals surface area contributed by atoms with Gasteiger partial charge in [0.05, 0.1) is 16.6 Å². The summed E-state index contributed by atoms with van der Waals surface area (Å²) in [7, 11) is 0. The van der Waals surface area contributed by atoms with E-state index < -0.39 is 11.7 Å². The molecule has 1 unspecified atom stereocenters. The first kappa shape index (κ1) is 20.4. The number of hydrogen-bond acceptors (Lipinski definition) is 2. The molecule has 1 aliphatic rings. The van der Waals surface area contributed by atoms with Gasteiger partial charge in [0.25, 0.3) is 0 Å². The fourth-order valence-corrected chi connectivity index (χ4v) is 4.14. The fraction of sp³-hybridized carbons (Fsp3) is 0.391. The van der Waals surface area contributed by atoms with Crippen molar-refractivity contribution in [3.63, 3.8) is 0 Å². The summed E-state index contributed by atoms with van der Waals surface area (Å²) >= 11 is 0. The Labute approximate surface area is 173 Å². The summed E-state index contributed by atoms with van der Waals surface area (Å²) in [5.41, 5.74) is 1.46. The van der Waals surface area contributed by atoms with Gasteiger partial charge in [0.2, 0.25) is 5.91 Å². The SMILES string of the molecule is CCCCCn1c(C2CC(=O)N(c3cccc(C(F)(F)F)c3)C2)nc2ccccc21. The lowest BCUT2D eigenvalue weighted by molar-refractivity contribution is -0.137. The molecule has 0 spiro atoms. The number of para-hydroxylation sites is 2. The van der Waals surface area contributed by atoms with E-state index in [2.05, 4.69) is 11.5 Å². The highest BCUT2D eigenvalue weighted by Crippen LogP contribution is 2.36. The first-order valence-electron chi connectivity index (χ1n) is 10.3. The molecular formula is C23H24F3N3O. The number of amides is 1. The third kappa shape index (κ3) is 3.93. The maximum Gasteiger partial charge on any atom is 0.416 e. The number of anilines is 1. The summed E-state index contributed by atoms with van der Waals surface area (Å²) in [6.07, 6.45) is -0.972. The molecule has 2 aromatic carbocycles. The van der Waals surface area contributed by atoms with Crippen LogP contribution in [0.2, 0.25) is 0 Å². The van der Waals surface area contributed by atoms with E-state index in [9.17, 15) is 18.0 Å². The van der Waals surface area contributed by atoms with E-state index in [-0.39, 0.29) is 23.9 Å². The number of hydrogen-bond donors (Lipinski definition) is 0. The van der Waals surface area contributed by atoms with Gasteiger partial charge in [-0.25, -0.2) is 4.98 Å². The van der Waals surface area contributed by atoms with Crippen LogP contribution in [0.15, 0.2) is 48.5 Å². The minimum Gasteiger partial charge on any atom is -0.328 e. The van der Waals surface area contributed by atoms with Crippen molar-refractivity contribution in [1.29, 1.82) is 0 Å². The lowest BCUT2D eigenvalue weighted by Crippen LogP contribution is -2.25. The van der Waals surface area contributed by atoms with Crippen LogP contribution >= 0.6 is 0 Å². The van der Waals surface area contributed by atoms with Crippen LogP contribution in [0.3, 0.4) is 0 Å². The Morgan fingerprint density at radius 3 is 2.67 bits per heavy atom. The maximum atomic E-state index is 13.1. The average Bonchev–Trinajstić information content (AvgIpc) is 3.28. The summed E-state index contributed by atoms with van der Waals surface area (Å²) in [5.74, 6) is 0.516. The number of rotatable bonds is 6. The smallest absolute Gasteiger partial charge is 0.328 e. The van der Waals surface area contributed by atoms with Crippen LogP contribution < -0.4 is 4.90 Å². The summed E-state index contributed by atoms with van der Waals surface area (Å²) < 4.78 is 41.5. The Bertz CT molecular complexity index is 1060. The van der Waals surface area contributed by atoms with E-state index in [4.69, 9.17) is 4.98 Å². The molecule has 1 fully saturated rings. The third-order valence-electron chi connectivity index (χ3n) is 5.64. The van der Waals surface area contributed by atoms with Crippen molar-refractivity contribution in [3.8, 4) is 0 Å². The number of aromatic nitrogens is 2. The number of carbonyl (C=O) groups is 1. The maximum absolute atomic E-state index is 13.1. The highest BCUT2D eigenvalue weighted by Gasteiger charge is 2.36.